The summed E-state index contributed by atoms with van der Waals surface area (Å²) in [6.07, 6.45) is 3.75. The van der Waals surface area contributed by atoms with Crippen LogP contribution in [0.1, 0.15) is 43.0 Å². The van der Waals surface area contributed by atoms with Gasteiger partial charge in [0.15, 0.2) is 0 Å². The van der Waals surface area contributed by atoms with Crippen molar-refractivity contribution in [3.8, 4) is 6.07 Å². The summed E-state index contributed by atoms with van der Waals surface area (Å²) in [6.45, 7) is 10.3. The summed E-state index contributed by atoms with van der Waals surface area (Å²) in [6, 6.07) is 11.5. The van der Waals surface area contributed by atoms with Gasteiger partial charge in [-0.1, -0.05) is 23.7 Å². The minimum atomic E-state index is -0.458. The van der Waals surface area contributed by atoms with Crippen LogP contribution in [0.2, 0.25) is 5.02 Å². The Bertz CT molecular complexity index is 1140. The molecule has 1 N–H and O–H groups in total. The molecule has 0 unspecified atom stereocenters. The average molecular weight is 420 g/mol. The fraction of sp³-hybridized carbons (Fsp3) is 0.280. The number of hydrogen-bond donors (Lipinski definition) is 1. The first-order valence-corrected chi connectivity index (χ1v) is 10.2. The molecule has 1 aliphatic rings. The Morgan fingerprint density at radius 1 is 1.17 bits per heavy atom. The van der Waals surface area contributed by atoms with Crippen LogP contribution in [-0.2, 0) is 4.79 Å². The molecule has 5 heteroatoms. The zero-order valence-electron chi connectivity index (χ0n) is 18.2. The van der Waals surface area contributed by atoms with Crippen LogP contribution < -0.4 is 10.2 Å². The molecule has 0 radical (unpaired) electrons. The summed E-state index contributed by atoms with van der Waals surface area (Å²) < 4.78 is 0. The molecule has 2 aromatic carbocycles. The predicted molar refractivity (Wildman–Crippen MR) is 126 cm³/mol. The van der Waals surface area contributed by atoms with Crippen molar-refractivity contribution < 1.29 is 4.79 Å². The summed E-state index contributed by atoms with van der Waals surface area (Å²) in [4.78, 5) is 14.9. The second-order valence-electron chi connectivity index (χ2n) is 8.35. The van der Waals surface area contributed by atoms with Gasteiger partial charge in [-0.15, -0.1) is 0 Å². The topological polar surface area (TPSA) is 56.1 Å². The molecule has 0 saturated carbocycles. The van der Waals surface area contributed by atoms with Crippen molar-refractivity contribution in [2.75, 3.05) is 17.3 Å². The van der Waals surface area contributed by atoms with Gasteiger partial charge in [0.2, 0.25) is 0 Å². The van der Waals surface area contributed by atoms with Crippen LogP contribution in [0.15, 0.2) is 42.0 Å². The van der Waals surface area contributed by atoms with Crippen LogP contribution >= 0.6 is 11.6 Å². The van der Waals surface area contributed by atoms with Crippen LogP contribution in [0.25, 0.3) is 11.6 Å². The van der Waals surface area contributed by atoms with Gasteiger partial charge in [0.25, 0.3) is 5.91 Å². The van der Waals surface area contributed by atoms with Crippen molar-refractivity contribution in [3.63, 3.8) is 0 Å². The van der Waals surface area contributed by atoms with Gasteiger partial charge in [0.05, 0.1) is 5.54 Å². The maximum Gasteiger partial charge on any atom is 0.266 e. The van der Waals surface area contributed by atoms with Crippen LogP contribution in [-0.4, -0.2) is 18.5 Å². The second-order valence-corrected chi connectivity index (χ2v) is 8.76. The highest BCUT2D eigenvalue weighted by molar-refractivity contribution is 6.32. The van der Waals surface area contributed by atoms with Crippen molar-refractivity contribution in [3.05, 3.63) is 69.3 Å². The molecule has 0 atom stereocenters. The van der Waals surface area contributed by atoms with E-state index in [2.05, 4.69) is 37.1 Å². The molecule has 1 amide bonds. The number of amides is 1. The van der Waals surface area contributed by atoms with E-state index in [4.69, 9.17) is 11.6 Å². The number of likely N-dealkylation sites (N-methyl/N-ethyl adjacent to an activating group) is 1. The average Bonchev–Trinajstić information content (AvgIpc) is 2.67. The number of benzene rings is 2. The van der Waals surface area contributed by atoms with E-state index in [1.54, 1.807) is 6.08 Å². The van der Waals surface area contributed by atoms with E-state index < -0.39 is 5.91 Å². The number of fused-ring (bicyclic) bond motifs is 1. The lowest BCUT2D eigenvalue weighted by atomic mass is 9.88. The fourth-order valence-corrected chi connectivity index (χ4v) is 3.83. The Balaban J connectivity index is 1.96. The molecule has 0 saturated heterocycles. The third kappa shape index (κ3) is 4.13. The molecule has 0 spiro atoms. The van der Waals surface area contributed by atoms with Crippen molar-refractivity contribution in [1.82, 2.24) is 0 Å². The van der Waals surface area contributed by atoms with Gasteiger partial charge in [-0.25, -0.2) is 0 Å². The normalized spacial score (nSPS) is 15.2. The van der Waals surface area contributed by atoms with Crippen molar-refractivity contribution in [2.45, 2.75) is 40.2 Å². The summed E-state index contributed by atoms with van der Waals surface area (Å²) in [5.74, 6) is -0.458. The van der Waals surface area contributed by atoms with Crippen LogP contribution in [0, 0.1) is 25.2 Å². The lowest BCUT2D eigenvalue weighted by molar-refractivity contribution is -0.112. The van der Waals surface area contributed by atoms with Gasteiger partial charge in [-0.2, -0.15) is 5.26 Å². The smallest absolute Gasteiger partial charge is 0.266 e. The molecular weight excluding hydrogens is 394 g/mol. The maximum absolute atomic E-state index is 12.7. The Hall–Kier alpha value is -3.03. The zero-order chi connectivity index (χ0) is 22.2. The number of nitrogens with one attached hydrogen (secondary N) is 1. The van der Waals surface area contributed by atoms with Crippen LogP contribution in [0.3, 0.4) is 0 Å². The predicted octanol–water partition coefficient (Wildman–Crippen LogP) is 6.13. The van der Waals surface area contributed by atoms with E-state index in [1.807, 2.05) is 57.3 Å². The lowest BCUT2D eigenvalue weighted by Gasteiger charge is -2.40. The molecule has 154 valence electrons. The van der Waals surface area contributed by atoms with Gasteiger partial charge in [0.1, 0.15) is 11.6 Å². The number of nitriles is 1. The molecule has 0 aliphatic carbocycles. The monoisotopic (exact) mass is 419 g/mol. The quantitative estimate of drug-likeness (QED) is 0.480. The van der Waals surface area contributed by atoms with Gasteiger partial charge in [-0.05, 0) is 87.2 Å². The second kappa shape index (κ2) is 8.01. The van der Waals surface area contributed by atoms with Gasteiger partial charge in [-0.3, -0.25) is 4.79 Å². The van der Waals surface area contributed by atoms with E-state index in [1.165, 1.54) is 0 Å². The summed E-state index contributed by atoms with van der Waals surface area (Å²) in [5, 5.41) is 12.9. The zero-order valence-corrected chi connectivity index (χ0v) is 19.0. The molecule has 3 rings (SSSR count). The molecule has 0 fully saturated rings. The number of allylic oxidation sites excluding steroid dienone is 1. The standard InChI is InChI=1S/C25H26ClN3O/c1-15-7-8-20(9-16(15)2)28-24(30)19(14-27)10-18-11-21-17(3)13-25(4,5)29(6)23(21)12-22(18)26/h7-13H,1-6H3,(H,28,30)/b19-10-. The molecule has 2 aromatic rings. The third-order valence-electron chi connectivity index (χ3n) is 5.77. The number of carbonyl (C=O) groups is 1. The molecule has 30 heavy (non-hydrogen) atoms. The minimum absolute atomic E-state index is 0.00112. The highest BCUT2D eigenvalue weighted by Gasteiger charge is 2.29. The van der Waals surface area contributed by atoms with Crippen LogP contribution in [0.4, 0.5) is 11.4 Å². The SMILES string of the molecule is CC1=CC(C)(C)N(C)c2cc(Cl)c(/C=C(/C#N)C(=O)Nc3ccc(C)c(C)c3)cc21. The number of hydrogen-bond acceptors (Lipinski definition) is 3. The first kappa shape index (κ1) is 21.7. The molecule has 0 aromatic heterocycles. The molecular formula is C25H26ClN3O. The van der Waals surface area contributed by atoms with E-state index >= 15 is 0 Å². The minimum Gasteiger partial charge on any atom is -0.365 e. The van der Waals surface area contributed by atoms with Crippen molar-refractivity contribution in [2.24, 2.45) is 0 Å². The van der Waals surface area contributed by atoms with Crippen molar-refractivity contribution >= 4 is 40.5 Å². The first-order chi connectivity index (χ1) is 14.0. The number of nitrogens with zero attached hydrogens (tertiary/aromatic N) is 2. The van der Waals surface area contributed by atoms with E-state index in [0.717, 1.165) is 28.0 Å². The highest BCUT2D eigenvalue weighted by atomic mass is 35.5. The summed E-state index contributed by atoms with van der Waals surface area (Å²) >= 11 is 6.54. The molecule has 1 heterocycles. The van der Waals surface area contributed by atoms with Gasteiger partial charge in [0, 0.05) is 29.0 Å². The number of rotatable bonds is 3. The fourth-order valence-electron chi connectivity index (χ4n) is 3.62. The Labute approximate surface area is 183 Å². The summed E-state index contributed by atoms with van der Waals surface area (Å²) in [7, 11) is 2.03. The Kier molecular flexibility index (Phi) is 5.78. The van der Waals surface area contributed by atoms with E-state index in [-0.39, 0.29) is 11.1 Å². The molecule has 1 aliphatic heterocycles. The maximum atomic E-state index is 12.7. The number of aryl methyl sites for hydroxylation is 2. The van der Waals surface area contributed by atoms with E-state index in [0.29, 0.717) is 16.3 Å². The van der Waals surface area contributed by atoms with Crippen LogP contribution in [0.5, 0.6) is 0 Å². The van der Waals surface area contributed by atoms with Crippen molar-refractivity contribution in [1.29, 1.82) is 5.26 Å². The van der Waals surface area contributed by atoms with E-state index in [9.17, 15) is 10.1 Å². The number of halogens is 1. The van der Waals surface area contributed by atoms with Gasteiger partial charge >= 0.3 is 0 Å². The first-order valence-electron chi connectivity index (χ1n) is 9.81. The summed E-state index contributed by atoms with van der Waals surface area (Å²) in [5.41, 5.74) is 6.59. The third-order valence-corrected chi connectivity index (χ3v) is 6.09. The van der Waals surface area contributed by atoms with Gasteiger partial charge < -0.3 is 10.2 Å². The molecule has 0 bridgehead atoms. The Morgan fingerprint density at radius 3 is 2.50 bits per heavy atom. The largest absolute Gasteiger partial charge is 0.365 e. The molecule has 4 nitrogen and oxygen atoms in total. The lowest BCUT2D eigenvalue weighted by Crippen LogP contribution is -2.42. The number of carbonyl (C=O) groups excluding carboxylic acids is 1. The Morgan fingerprint density at radius 2 is 1.87 bits per heavy atom. The number of anilines is 2. The highest BCUT2D eigenvalue weighted by Crippen LogP contribution is 2.40.